The van der Waals surface area contributed by atoms with Crippen molar-refractivity contribution in [1.29, 1.82) is 0 Å². The smallest absolute Gasteiger partial charge is 0.248 e. The quantitative estimate of drug-likeness (QED) is 0.198. The fraction of sp³-hybridized carbons (Fsp3) is 0.543. The minimum absolute atomic E-state index is 0.00848. The summed E-state index contributed by atoms with van der Waals surface area (Å²) in [6.45, 7) is 2.63. The molecular weight excluding hydrogens is 578 g/mol. The summed E-state index contributed by atoms with van der Waals surface area (Å²) in [5.74, 6) is -0.921. The molecular formula is C35H38F2N4O2S. The van der Waals surface area contributed by atoms with Crippen LogP contribution in [0.25, 0.3) is 21.3 Å². The molecule has 6 nitrogen and oxygen atoms in total. The van der Waals surface area contributed by atoms with E-state index in [1.165, 1.54) is 0 Å². The van der Waals surface area contributed by atoms with Gasteiger partial charge in [-0.3, -0.25) is 4.79 Å². The van der Waals surface area contributed by atoms with Crippen LogP contribution in [0.5, 0.6) is 0 Å². The summed E-state index contributed by atoms with van der Waals surface area (Å²) >= 11 is 1.68. The third kappa shape index (κ3) is 5.25. The number of carbonyl (C=O) groups is 1. The molecule has 4 aromatic rings. The van der Waals surface area contributed by atoms with Gasteiger partial charge in [-0.25, -0.2) is 13.8 Å². The molecule has 5 aliphatic carbocycles. The molecule has 2 heterocycles. The molecule has 9 heteroatoms. The van der Waals surface area contributed by atoms with Crippen molar-refractivity contribution in [2.45, 2.75) is 101 Å². The molecule has 230 valence electrons. The second kappa shape index (κ2) is 10.4. The lowest BCUT2D eigenvalue weighted by molar-refractivity contribution is -0.120. The third-order valence-electron chi connectivity index (χ3n) is 11.0. The van der Waals surface area contributed by atoms with Gasteiger partial charge < -0.3 is 9.32 Å². The summed E-state index contributed by atoms with van der Waals surface area (Å²) in [5.41, 5.74) is 3.89. The molecule has 5 fully saturated rings. The summed E-state index contributed by atoms with van der Waals surface area (Å²) < 4.78 is 35.5. The van der Waals surface area contributed by atoms with Gasteiger partial charge in [0.25, 0.3) is 0 Å². The Morgan fingerprint density at radius 3 is 2.48 bits per heavy atom. The number of hydrogen-bond acceptors (Lipinski definition) is 6. The van der Waals surface area contributed by atoms with E-state index in [2.05, 4.69) is 45.5 Å². The van der Waals surface area contributed by atoms with E-state index < -0.39 is 5.92 Å². The van der Waals surface area contributed by atoms with Gasteiger partial charge in [-0.15, -0.1) is 21.5 Å². The number of alkyl halides is 2. The normalized spacial score (nSPS) is 27.7. The summed E-state index contributed by atoms with van der Waals surface area (Å²) in [6, 6.07) is 14.5. The summed E-state index contributed by atoms with van der Waals surface area (Å²) in [7, 11) is 0. The van der Waals surface area contributed by atoms with E-state index >= 15 is 0 Å². The molecule has 2 aromatic heterocycles. The summed E-state index contributed by atoms with van der Waals surface area (Å²) in [5, 5.41) is 9.92. The molecule has 0 radical (unpaired) electrons. The van der Waals surface area contributed by atoms with Crippen LogP contribution in [0.2, 0.25) is 0 Å². The zero-order chi connectivity index (χ0) is 30.1. The molecule has 2 bridgehead atoms. The Bertz CT molecular complexity index is 1700. The minimum Gasteiger partial charge on any atom is -0.424 e. The van der Waals surface area contributed by atoms with E-state index in [4.69, 9.17) is 4.42 Å². The van der Waals surface area contributed by atoms with E-state index in [-0.39, 0.29) is 41.9 Å². The van der Waals surface area contributed by atoms with E-state index in [1.807, 2.05) is 24.0 Å². The summed E-state index contributed by atoms with van der Waals surface area (Å²) in [4.78, 5) is 20.6. The van der Waals surface area contributed by atoms with Gasteiger partial charge in [-0.05, 0) is 111 Å². The van der Waals surface area contributed by atoms with Crippen LogP contribution in [0.15, 0.2) is 46.9 Å². The molecule has 5 aliphatic rings. The minimum atomic E-state index is -2.66. The molecule has 1 amide bonds. The monoisotopic (exact) mass is 616 g/mol. The van der Waals surface area contributed by atoms with E-state index in [0.29, 0.717) is 18.9 Å². The summed E-state index contributed by atoms with van der Waals surface area (Å²) in [6.07, 6.45) is 8.42. The van der Waals surface area contributed by atoms with Gasteiger partial charge in [0.2, 0.25) is 23.6 Å². The second-order valence-electron chi connectivity index (χ2n) is 14.1. The highest BCUT2D eigenvalue weighted by molar-refractivity contribution is 7.18. The Balaban J connectivity index is 1.06. The highest BCUT2D eigenvalue weighted by Crippen LogP contribution is 2.58. The van der Waals surface area contributed by atoms with Crippen LogP contribution >= 0.6 is 11.3 Å². The van der Waals surface area contributed by atoms with Crippen LogP contribution in [0.1, 0.15) is 99.8 Å². The van der Waals surface area contributed by atoms with Gasteiger partial charge in [0.05, 0.1) is 15.2 Å². The largest absolute Gasteiger partial charge is 0.424 e. The van der Waals surface area contributed by atoms with Crippen LogP contribution in [0, 0.1) is 18.3 Å². The number of amides is 1. The molecule has 9 rings (SSSR count). The van der Waals surface area contributed by atoms with Crippen molar-refractivity contribution in [1.82, 2.24) is 15.2 Å². The Kier molecular flexibility index (Phi) is 6.70. The predicted molar refractivity (Wildman–Crippen MR) is 167 cm³/mol. The molecule has 44 heavy (non-hydrogen) atoms. The number of nitrogens with zero attached hydrogens (tertiary/aromatic N) is 4. The van der Waals surface area contributed by atoms with Crippen molar-refractivity contribution in [3.8, 4) is 11.1 Å². The second-order valence-corrected chi connectivity index (χ2v) is 15.3. The van der Waals surface area contributed by atoms with E-state index in [1.54, 1.807) is 11.3 Å². The first kappa shape index (κ1) is 28.3. The fourth-order valence-corrected chi connectivity index (χ4v) is 8.94. The number of thiazole rings is 1. The number of rotatable bonds is 8. The number of halogens is 2. The van der Waals surface area contributed by atoms with Crippen LogP contribution in [0.3, 0.4) is 0 Å². The Hall–Kier alpha value is -3.20. The number of hydrogen-bond donors (Lipinski definition) is 0. The highest BCUT2D eigenvalue weighted by atomic mass is 32.1. The van der Waals surface area contributed by atoms with E-state index in [9.17, 15) is 13.6 Å². The van der Waals surface area contributed by atoms with Crippen molar-refractivity contribution in [3.63, 3.8) is 0 Å². The van der Waals surface area contributed by atoms with Crippen molar-refractivity contribution in [3.05, 3.63) is 59.3 Å². The van der Waals surface area contributed by atoms with Crippen LogP contribution in [-0.2, 0) is 10.2 Å². The van der Waals surface area contributed by atoms with E-state index in [0.717, 1.165) is 95.2 Å². The number of fused-ring (bicyclic) bond motifs is 4. The Morgan fingerprint density at radius 2 is 1.75 bits per heavy atom. The molecule has 0 spiro atoms. The number of benzene rings is 2. The predicted octanol–water partition coefficient (Wildman–Crippen LogP) is 8.98. The molecule has 2 aromatic carbocycles. The van der Waals surface area contributed by atoms with Crippen molar-refractivity contribution in [2.24, 2.45) is 11.3 Å². The molecule has 1 unspecified atom stereocenters. The lowest BCUT2D eigenvalue weighted by Gasteiger charge is -2.53. The number of aromatic nitrogens is 3. The number of aryl methyl sites for hydroxylation is 1. The number of anilines is 1. The maximum Gasteiger partial charge on any atom is 0.248 e. The van der Waals surface area contributed by atoms with Gasteiger partial charge in [-0.1, -0.05) is 18.2 Å². The van der Waals surface area contributed by atoms with Crippen LogP contribution < -0.4 is 4.90 Å². The first-order chi connectivity index (χ1) is 21.2. The first-order valence-corrected chi connectivity index (χ1v) is 17.0. The van der Waals surface area contributed by atoms with Crippen LogP contribution in [0.4, 0.5) is 14.5 Å². The van der Waals surface area contributed by atoms with Gasteiger partial charge in [0.15, 0.2) is 0 Å². The Labute approximate surface area is 260 Å². The zero-order valence-corrected chi connectivity index (χ0v) is 26.0. The molecule has 5 saturated carbocycles. The Morgan fingerprint density at radius 1 is 0.977 bits per heavy atom. The average molecular weight is 617 g/mol. The van der Waals surface area contributed by atoms with Crippen molar-refractivity contribution < 1.29 is 18.0 Å². The number of carbonyl (C=O) groups excluding carboxylic acids is 1. The first-order valence-electron chi connectivity index (χ1n) is 16.2. The molecule has 0 N–H and O–H groups in total. The van der Waals surface area contributed by atoms with Gasteiger partial charge in [0, 0.05) is 42.8 Å². The standard InChI is InChI=1S/C35H38F2N4O2S/c1-22-38-28-8-7-26(19-29(28)44-22)25-3-2-4-27(18-25)41(30(42)17-23-9-10-35(36,37)20-23)21-33-11-14-34(15-12-33,16-13-33)32-40-39-31(43-32)24-5-6-24/h2-4,7-8,18-19,23-24H,5-6,9-17,20-21H2,1H3. The zero-order valence-electron chi connectivity index (χ0n) is 25.2. The fourth-order valence-electron chi connectivity index (χ4n) is 8.07. The maximum atomic E-state index is 14.1. The topological polar surface area (TPSA) is 72.1 Å². The lowest BCUT2D eigenvalue weighted by Crippen LogP contribution is -2.51. The molecule has 1 atom stereocenters. The molecule has 0 saturated heterocycles. The average Bonchev–Trinajstić information content (AvgIpc) is 3.45. The third-order valence-corrected chi connectivity index (χ3v) is 11.9. The van der Waals surface area contributed by atoms with Crippen molar-refractivity contribution >= 4 is 33.1 Å². The van der Waals surface area contributed by atoms with Crippen LogP contribution in [-0.4, -0.2) is 33.6 Å². The lowest BCUT2D eigenvalue weighted by atomic mass is 9.53. The van der Waals surface area contributed by atoms with Gasteiger partial charge in [-0.2, -0.15) is 0 Å². The SMILES string of the molecule is Cc1nc2ccc(-c3cccc(N(CC45CCC(c6nnc(C7CC7)o6)(CC4)CC5)C(=O)CC4CCC(F)(F)C4)c3)cc2s1. The van der Waals surface area contributed by atoms with Gasteiger partial charge >= 0.3 is 0 Å². The maximum absolute atomic E-state index is 14.1. The molecule has 0 aliphatic heterocycles. The highest BCUT2D eigenvalue weighted by Gasteiger charge is 2.53. The van der Waals surface area contributed by atoms with Crippen molar-refractivity contribution in [2.75, 3.05) is 11.4 Å². The van der Waals surface area contributed by atoms with Gasteiger partial charge in [0.1, 0.15) is 0 Å².